The first kappa shape index (κ1) is 17.4. The Morgan fingerprint density at radius 3 is 2.23 bits per heavy atom. The molecule has 0 bridgehead atoms. The topological polar surface area (TPSA) is 121 Å². The van der Waals surface area contributed by atoms with Crippen molar-refractivity contribution in [1.82, 2.24) is 19.9 Å². The monoisotopic (exact) mass is 410 g/mol. The van der Waals surface area contributed by atoms with Gasteiger partial charge in [-0.1, -0.05) is 18.2 Å². The highest BCUT2D eigenvalue weighted by atomic mass is 16.5. The largest absolute Gasteiger partial charge is 0.507 e. The number of fused-ring (bicyclic) bond motifs is 5. The molecule has 0 saturated heterocycles. The van der Waals surface area contributed by atoms with E-state index >= 15 is 0 Å². The molecule has 0 fully saturated rings. The predicted molar refractivity (Wildman–Crippen MR) is 114 cm³/mol. The number of ether oxygens (including phenoxy) is 1. The van der Waals surface area contributed by atoms with Crippen molar-refractivity contribution in [2.45, 2.75) is 5.92 Å². The zero-order chi connectivity index (χ0) is 21.1. The number of benzene rings is 1. The number of aromatic nitrogens is 4. The molecule has 0 radical (unpaired) electrons. The van der Waals surface area contributed by atoms with E-state index in [9.17, 15) is 14.7 Å². The fourth-order valence-corrected chi connectivity index (χ4v) is 4.25. The molecule has 0 unspecified atom stereocenters. The second-order valence-electron chi connectivity index (χ2n) is 7.29. The molecule has 31 heavy (non-hydrogen) atoms. The van der Waals surface area contributed by atoms with Crippen molar-refractivity contribution >= 4 is 22.1 Å². The summed E-state index contributed by atoms with van der Waals surface area (Å²) in [4.78, 5) is 40.1. The molecule has 8 heteroatoms. The van der Waals surface area contributed by atoms with Gasteiger partial charge in [0.25, 0.3) is 11.1 Å². The molecule has 1 aliphatic heterocycles. The van der Waals surface area contributed by atoms with Crippen LogP contribution in [-0.4, -0.2) is 25.0 Å². The molecule has 0 saturated carbocycles. The highest BCUT2D eigenvalue weighted by Crippen LogP contribution is 2.49. The lowest BCUT2D eigenvalue weighted by Crippen LogP contribution is -2.27. The van der Waals surface area contributed by atoms with Gasteiger partial charge in [0.2, 0.25) is 0 Å². The van der Waals surface area contributed by atoms with Gasteiger partial charge in [-0.15, -0.1) is 0 Å². The van der Waals surface area contributed by atoms with Crippen LogP contribution in [0.5, 0.6) is 17.2 Å². The third-order valence-electron chi connectivity index (χ3n) is 5.59. The molecule has 1 aliphatic rings. The van der Waals surface area contributed by atoms with Gasteiger partial charge in [-0.2, -0.15) is 0 Å². The molecule has 0 aliphatic carbocycles. The Bertz CT molecular complexity index is 1610. The first-order valence-corrected chi connectivity index (χ1v) is 9.61. The van der Waals surface area contributed by atoms with Gasteiger partial charge in [-0.3, -0.25) is 9.59 Å². The van der Waals surface area contributed by atoms with E-state index in [1.807, 2.05) is 6.07 Å². The van der Waals surface area contributed by atoms with Crippen molar-refractivity contribution in [3.05, 3.63) is 98.3 Å². The highest BCUT2D eigenvalue weighted by Gasteiger charge is 2.36. The van der Waals surface area contributed by atoms with Gasteiger partial charge in [-0.05, 0) is 30.3 Å². The average Bonchev–Trinajstić information content (AvgIpc) is 2.78. The minimum atomic E-state index is -0.846. The van der Waals surface area contributed by atoms with Gasteiger partial charge in [0.1, 0.15) is 28.5 Å². The number of aromatic hydroxyl groups is 1. The SMILES string of the molecule is O=c1[nH]c2ncccc2c(O)c1[C@@H]1c2ccccc2Oc2c1c(=O)[nH]c1ncccc21. The highest BCUT2D eigenvalue weighted by molar-refractivity contribution is 5.87. The summed E-state index contributed by atoms with van der Waals surface area (Å²) in [6.45, 7) is 0. The van der Waals surface area contributed by atoms with Crippen LogP contribution in [-0.2, 0) is 0 Å². The van der Waals surface area contributed by atoms with Crippen LogP contribution in [0.25, 0.3) is 22.1 Å². The summed E-state index contributed by atoms with van der Waals surface area (Å²) >= 11 is 0. The summed E-state index contributed by atoms with van der Waals surface area (Å²) in [6.07, 6.45) is 3.10. The van der Waals surface area contributed by atoms with Crippen LogP contribution in [0.3, 0.4) is 0 Å². The van der Waals surface area contributed by atoms with Gasteiger partial charge < -0.3 is 19.8 Å². The van der Waals surface area contributed by atoms with Crippen LogP contribution >= 0.6 is 0 Å². The summed E-state index contributed by atoms with van der Waals surface area (Å²) in [5.41, 5.74) is 0.589. The van der Waals surface area contributed by atoms with Gasteiger partial charge >= 0.3 is 0 Å². The number of aromatic amines is 2. The van der Waals surface area contributed by atoms with Crippen LogP contribution < -0.4 is 15.9 Å². The molecule has 0 spiro atoms. The molecule has 0 amide bonds. The molecule has 150 valence electrons. The van der Waals surface area contributed by atoms with Crippen LogP contribution in [0.2, 0.25) is 0 Å². The van der Waals surface area contributed by atoms with E-state index in [0.717, 1.165) is 0 Å². The number of hydrogen-bond acceptors (Lipinski definition) is 6. The smallest absolute Gasteiger partial charge is 0.257 e. The molecule has 1 atom stereocenters. The Kier molecular flexibility index (Phi) is 3.52. The van der Waals surface area contributed by atoms with E-state index in [1.54, 1.807) is 48.7 Å². The summed E-state index contributed by atoms with van der Waals surface area (Å²) in [5, 5.41) is 12.1. The molecular weight excluding hydrogens is 396 g/mol. The predicted octanol–water partition coefficient (Wildman–Crippen LogP) is 3.15. The number of hydrogen-bond donors (Lipinski definition) is 3. The third kappa shape index (κ3) is 2.42. The van der Waals surface area contributed by atoms with E-state index < -0.39 is 17.0 Å². The standard InChI is InChI=1S/C23H14N4O4/c28-18-12-6-3-9-24-20(12)26-22(29)16(18)15-11-5-1-2-8-14(11)31-19-13-7-4-10-25-21(13)27-23(30)17(15)19/h1-10,15H,(H,25,27,30)(H2,24,26,28,29)/t15-/m0/s1. The van der Waals surface area contributed by atoms with Crippen molar-refractivity contribution < 1.29 is 9.84 Å². The van der Waals surface area contributed by atoms with Crippen molar-refractivity contribution in [3.63, 3.8) is 0 Å². The lowest BCUT2D eigenvalue weighted by atomic mass is 9.82. The molecule has 5 aromatic rings. The lowest BCUT2D eigenvalue weighted by Gasteiger charge is -2.28. The molecule has 8 nitrogen and oxygen atoms in total. The first-order valence-electron chi connectivity index (χ1n) is 9.61. The molecular formula is C23H14N4O4. The normalized spacial score (nSPS) is 14.8. The fraction of sp³-hybridized carbons (Fsp3) is 0.0435. The second kappa shape index (κ2) is 6.27. The number of rotatable bonds is 1. The minimum Gasteiger partial charge on any atom is -0.507 e. The van der Waals surface area contributed by atoms with E-state index in [1.165, 1.54) is 6.20 Å². The van der Waals surface area contributed by atoms with Crippen LogP contribution in [0.1, 0.15) is 22.6 Å². The number of H-pyrrole nitrogens is 2. The van der Waals surface area contributed by atoms with Crippen molar-refractivity contribution in [2.24, 2.45) is 0 Å². The van der Waals surface area contributed by atoms with Crippen LogP contribution in [0.4, 0.5) is 0 Å². The quantitative estimate of drug-likeness (QED) is 0.383. The van der Waals surface area contributed by atoms with Gasteiger partial charge in [0.15, 0.2) is 0 Å². The molecule has 6 rings (SSSR count). The number of pyridine rings is 4. The van der Waals surface area contributed by atoms with Crippen LogP contribution in [0.15, 0.2) is 70.5 Å². The number of nitrogens with one attached hydrogen (secondary N) is 2. The Morgan fingerprint density at radius 2 is 1.45 bits per heavy atom. The van der Waals surface area contributed by atoms with Crippen LogP contribution in [0, 0.1) is 0 Å². The summed E-state index contributed by atoms with van der Waals surface area (Å²) in [5.74, 6) is -0.242. The van der Waals surface area contributed by atoms with E-state index in [2.05, 4.69) is 19.9 Å². The van der Waals surface area contributed by atoms with Crippen molar-refractivity contribution in [1.29, 1.82) is 0 Å². The zero-order valence-corrected chi connectivity index (χ0v) is 15.9. The Hall–Kier alpha value is -4.46. The Balaban J connectivity index is 1.77. The van der Waals surface area contributed by atoms with Gasteiger partial charge in [-0.25, -0.2) is 9.97 Å². The third-order valence-corrected chi connectivity index (χ3v) is 5.59. The minimum absolute atomic E-state index is 0.0613. The fourth-order valence-electron chi connectivity index (χ4n) is 4.25. The Labute approximate surface area is 173 Å². The molecule has 3 N–H and O–H groups in total. The maximum atomic E-state index is 13.2. The second-order valence-corrected chi connectivity index (χ2v) is 7.29. The van der Waals surface area contributed by atoms with Gasteiger partial charge in [0, 0.05) is 18.0 Å². The molecule has 4 aromatic heterocycles. The Morgan fingerprint density at radius 1 is 0.806 bits per heavy atom. The van der Waals surface area contributed by atoms with Gasteiger partial charge in [0.05, 0.1) is 27.8 Å². The first-order chi connectivity index (χ1) is 15.1. The molecule has 5 heterocycles. The lowest BCUT2D eigenvalue weighted by molar-refractivity contribution is 0.446. The maximum absolute atomic E-state index is 13.2. The van der Waals surface area contributed by atoms with Crippen molar-refractivity contribution in [3.8, 4) is 17.2 Å². The van der Waals surface area contributed by atoms with E-state index in [0.29, 0.717) is 33.5 Å². The van der Waals surface area contributed by atoms with Crippen molar-refractivity contribution in [2.75, 3.05) is 0 Å². The number of para-hydroxylation sites is 1. The average molecular weight is 410 g/mol. The summed E-state index contributed by atoms with van der Waals surface area (Å²) in [7, 11) is 0. The van der Waals surface area contributed by atoms with E-state index in [-0.39, 0.29) is 22.5 Å². The van der Waals surface area contributed by atoms with E-state index in [4.69, 9.17) is 4.74 Å². The maximum Gasteiger partial charge on any atom is 0.257 e. The zero-order valence-electron chi connectivity index (χ0n) is 15.9. The summed E-state index contributed by atoms with van der Waals surface area (Å²) < 4.78 is 6.12. The summed E-state index contributed by atoms with van der Waals surface area (Å²) in [6, 6.07) is 14.0. The molecule has 1 aromatic carbocycles. The number of nitrogens with zero attached hydrogens (tertiary/aromatic N) is 2.